The summed E-state index contributed by atoms with van der Waals surface area (Å²) in [6, 6.07) is 8.17. The number of hydrogen-bond donors (Lipinski definition) is 2. The molecule has 4 nitrogen and oxygen atoms in total. The summed E-state index contributed by atoms with van der Waals surface area (Å²) in [5.74, 6) is 5.79. The second-order valence-electron chi connectivity index (χ2n) is 4.22. The van der Waals surface area contributed by atoms with Crippen molar-refractivity contribution in [1.29, 1.82) is 0 Å². The van der Waals surface area contributed by atoms with Gasteiger partial charge in [-0.15, -0.1) is 0 Å². The fourth-order valence-electron chi connectivity index (χ4n) is 1.65. The molecule has 1 rings (SSSR count). The second kappa shape index (κ2) is 8.53. The number of aryl methyl sites for hydroxylation is 1. The molecule has 3 N–H and O–H groups in total. The van der Waals surface area contributed by atoms with E-state index in [1.165, 1.54) is 5.56 Å². The Hall–Kier alpha value is -1.55. The maximum Gasteiger partial charge on any atom is 0.233 e. The molecule has 0 radical (unpaired) electrons. The molecule has 1 amide bonds. The van der Waals surface area contributed by atoms with E-state index in [1.807, 2.05) is 12.1 Å². The molecule has 0 aromatic heterocycles. The Morgan fingerprint density at radius 1 is 1.22 bits per heavy atom. The highest BCUT2D eigenvalue weighted by Crippen LogP contribution is 2.13. The van der Waals surface area contributed by atoms with E-state index in [9.17, 15) is 4.79 Å². The molecule has 0 aliphatic rings. The highest BCUT2D eigenvalue weighted by molar-refractivity contribution is 5.74. The Bertz CT molecular complexity index is 349. The van der Waals surface area contributed by atoms with E-state index in [0.29, 0.717) is 13.0 Å². The summed E-state index contributed by atoms with van der Waals surface area (Å²) in [5, 5.41) is 0. The first-order valence-electron chi connectivity index (χ1n) is 6.47. The summed E-state index contributed by atoms with van der Waals surface area (Å²) in [7, 11) is 0. The molecule has 100 valence electrons. The second-order valence-corrected chi connectivity index (χ2v) is 4.22. The van der Waals surface area contributed by atoms with Crippen molar-refractivity contribution in [1.82, 2.24) is 5.43 Å². The van der Waals surface area contributed by atoms with E-state index in [1.54, 1.807) is 0 Å². The molecule has 0 atom stereocenters. The molecule has 0 saturated carbocycles. The molecule has 0 saturated heterocycles. The van der Waals surface area contributed by atoms with Crippen molar-refractivity contribution in [3.63, 3.8) is 0 Å². The van der Waals surface area contributed by atoms with Crippen molar-refractivity contribution in [2.45, 2.75) is 39.0 Å². The lowest BCUT2D eigenvalue weighted by atomic mass is 10.2. The van der Waals surface area contributed by atoms with Gasteiger partial charge in [-0.1, -0.05) is 19.1 Å². The lowest BCUT2D eigenvalue weighted by Crippen LogP contribution is -2.29. The molecule has 0 aliphatic carbocycles. The number of rotatable bonds is 8. The third-order valence-electron chi connectivity index (χ3n) is 2.81. The zero-order chi connectivity index (χ0) is 13.2. The summed E-state index contributed by atoms with van der Waals surface area (Å²) in [6.45, 7) is 2.82. The van der Waals surface area contributed by atoms with Crippen LogP contribution in [0.2, 0.25) is 0 Å². The number of carbonyl (C=O) groups is 1. The number of ether oxygens (including phenoxy) is 1. The SMILES string of the molecule is CCc1ccc(OCCCCCC(=O)NN)cc1. The summed E-state index contributed by atoms with van der Waals surface area (Å²) >= 11 is 0. The van der Waals surface area contributed by atoms with Gasteiger partial charge in [0.15, 0.2) is 0 Å². The lowest BCUT2D eigenvalue weighted by Gasteiger charge is -2.06. The van der Waals surface area contributed by atoms with Gasteiger partial charge in [0, 0.05) is 6.42 Å². The number of benzene rings is 1. The molecular weight excluding hydrogens is 228 g/mol. The quantitative estimate of drug-likeness (QED) is 0.322. The highest BCUT2D eigenvalue weighted by Gasteiger charge is 1.98. The van der Waals surface area contributed by atoms with Crippen LogP contribution >= 0.6 is 0 Å². The van der Waals surface area contributed by atoms with Crippen LogP contribution in [0.15, 0.2) is 24.3 Å². The third kappa shape index (κ3) is 5.68. The normalized spacial score (nSPS) is 10.1. The molecule has 0 aliphatic heterocycles. The van der Waals surface area contributed by atoms with Crippen LogP contribution in [0, 0.1) is 0 Å². The van der Waals surface area contributed by atoms with E-state index in [2.05, 4.69) is 24.5 Å². The maximum atomic E-state index is 10.9. The molecule has 0 spiro atoms. The van der Waals surface area contributed by atoms with Gasteiger partial charge in [-0.05, 0) is 43.4 Å². The van der Waals surface area contributed by atoms with E-state index >= 15 is 0 Å². The van der Waals surface area contributed by atoms with Gasteiger partial charge in [-0.2, -0.15) is 0 Å². The number of nitrogens with two attached hydrogens (primary N) is 1. The van der Waals surface area contributed by atoms with Gasteiger partial charge >= 0.3 is 0 Å². The fourth-order valence-corrected chi connectivity index (χ4v) is 1.65. The molecule has 4 heteroatoms. The van der Waals surface area contributed by atoms with Gasteiger partial charge in [-0.25, -0.2) is 5.84 Å². The Morgan fingerprint density at radius 2 is 1.94 bits per heavy atom. The first kappa shape index (κ1) is 14.5. The van der Waals surface area contributed by atoms with E-state index in [-0.39, 0.29) is 5.91 Å². The summed E-state index contributed by atoms with van der Waals surface area (Å²) < 4.78 is 5.61. The Labute approximate surface area is 108 Å². The number of amides is 1. The third-order valence-corrected chi connectivity index (χ3v) is 2.81. The molecule has 0 bridgehead atoms. The molecule has 0 unspecified atom stereocenters. The minimum absolute atomic E-state index is 0.105. The fraction of sp³-hybridized carbons (Fsp3) is 0.500. The summed E-state index contributed by atoms with van der Waals surface area (Å²) in [5.41, 5.74) is 3.44. The van der Waals surface area contributed by atoms with Gasteiger partial charge < -0.3 is 4.74 Å². The van der Waals surface area contributed by atoms with Gasteiger partial charge in [-0.3, -0.25) is 10.2 Å². The zero-order valence-electron chi connectivity index (χ0n) is 10.9. The van der Waals surface area contributed by atoms with E-state index in [4.69, 9.17) is 10.6 Å². The van der Waals surface area contributed by atoms with Crippen LogP contribution < -0.4 is 16.0 Å². The minimum Gasteiger partial charge on any atom is -0.494 e. The largest absolute Gasteiger partial charge is 0.494 e. The van der Waals surface area contributed by atoms with Crippen LogP contribution in [0.5, 0.6) is 5.75 Å². The van der Waals surface area contributed by atoms with Crippen molar-refractivity contribution in [3.05, 3.63) is 29.8 Å². The van der Waals surface area contributed by atoms with Crippen molar-refractivity contribution in [2.75, 3.05) is 6.61 Å². The standard InChI is InChI=1S/C14H22N2O2/c1-2-12-7-9-13(10-8-12)18-11-5-3-4-6-14(17)16-15/h7-10H,2-6,11,15H2,1H3,(H,16,17). The van der Waals surface area contributed by atoms with Gasteiger partial charge in [0.05, 0.1) is 6.61 Å². The van der Waals surface area contributed by atoms with Crippen LogP contribution in [-0.2, 0) is 11.2 Å². The van der Waals surface area contributed by atoms with Gasteiger partial charge in [0.2, 0.25) is 5.91 Å². The molecular formula is C14H22N2O2. The number of nitrogens with one attached hydrogen (secondary N) is 1. The number of carbonyl (C=O) groups excluding carboxylic acids is 1. The molecule has 0 fully saturated rings. The van der Waals surface area contributed by atoms with Crippen molar-refractivity contribution >= 4 is 5.91 Å². The molecule has 1 aromatic carbocycles. The minimum atomic E-state index is -0.105. The Kier molecular flexibility index (Phi) is 6.87. The Morgan fingerprint density at radius 3 is 2.56 bits per heavy atom. The van der Waals surface area contributed by atoms with E-state index < -0.39 is 0 Å². The molecule has 0 heterocycles. The monoisotopic (exact) mass is 250 g/mol. The Balaban J connectivity index is 2.08. The first-order chi connectivity index (χ1) is 8.76. The number of hydrazine groups is 1. The number of unbranched alkanes of at least 4 members (excludes halogenated alkanes) is 2. The van der Waals surface area contributed by atoms with E-state index in [0.717, 1.165) is 31.4 Å². The van der Waals surface area contributed by atoms with Gasteiger partial charge in [0.25, 0.3) is 0 Å². The number of hydrogen-bond acceptors (Lipinski definition) is 3. The van der Waals surface area contributed by atoms with Crippen molar-refractivity contribution in [2.24, 2.45) is 5.84 Å². The van der Waals surface area contributed by atoms with Crippen molar-refractivity contribution in [3.8, 4) is 5.75 Å². The lowest BCUT2D eigenvalue weighted by molar-refractivity contribution is -0.121. The first-order valence-corrected chi connectivity index (χ1v) is 6.47. The highest BCUT2D eigenvalue weighted by atomic mass is 16.5. The average Bonchev–Trinajstić information content (AvgIpc) is 2.43. The molecule has 18 heavy (non-hydrogen) atoms. The summed E-state index contributed by atoms with van der Waals surface area (Å²) in [6.07, 6.45) is 4.31. The van der Waals surface area contributed by atoms with Crippen LogP contribution in [0.25, 0.3) is 0 Å². The van der Waals surface area contributed by atoms with Crippen LogP contribution in [-0.4, -0.2) is 12.5 Å². The molecule has 1 aromatic rings. The predicted octanol–water partition coefficient (Wildman–Crippen LogP) is 2.18. The van der Waals surface area contributed by atoms with Crippen LogP contribution in [0.3, 0.4) is 0 Å². The predicted molar refractivity (Wildman–Crippen MR) is 72.1 cm³/mol. The maximum absolute atomic E-state index is 10.9. The topological polar surface area (TPSA) is 64.3 Å². The zero-order valence-corrected chi connectivity index (χ0v) is 10.9. The smallest absolute Gasteiger partial charge is 0.233 e. The summed E-state index contributed by atoms with van der Waals surface area (Å²) in [4.78, 5) is 10.9. The van der Waals surface area contributed by atoms with Crippen LogP contribution in [0.4, 0.5) is 0 Å². The van der Waals surface area contributed by atoms with Crippen molar-refractivity contribution < 1.29 is 9.53 Å². The van der Waals surface area contributed by atoms with Gasteiger partial charge in [0.1, 0.15) is 5.75 Å². The average molecular weight is 250 g/mol. The van der Waals surface area contributed by atoms with Crippen LogP contribution in [0.1, 0.15) is 38.2 Å².